The molecular formula is C19H29N3O2. The lowest BCUT2D eigenvalue weighted by Gasteiger charge is -2.54. The van der Waals surface area contributed by atoms with E-state index in [9.17, 15) is 9.59 Å². The second kappa shape index (κ2) is 6.20. The predicted molar refractivity (Wildman–Crippen MR) is 96.8 cm³/mol. The van der Waals surface area contributed by atoms with E-state index in [1.807, 2.05) is 59.7 Å². The zero-order chi connectivity index (χ0) is 18.3. The van der Waals surface area contributed by atoms with Gasteiger partial charge in [-0.1, -0.05) is 12.1 Å². The monoisotopic (exact) mass is 331 g/mol. The number of carbonyl (C=O) groups excluding carboxylic acids is 2. The number of nitrogens with zero attached hydrogens (tertiary/aromatic N) is 1. The van der Waals surface area contributed by atoms with Crippen molar-refractivity contribution in [1.82, 2.24) is 4.90 Å². The van der Waals surface area contributed by atoms with Gasteiger partial charge < -0.3 is 16.0 Å². The second-order valence-corrected chi connectivity index (χ2v) is 8.14. The van der Waals surface area contributed by atoms with E-state index in [1.165, 1.54) is 0 Å². The minimum absolute atomic E-state index is 0.0288. The predicted octanol–water partition coefficient (Wildman–Crippen LogP) is 2.75. The summed E-state index contributed by atoms with van der Waals surface area (Å²) in [7, 11) is 0. The van der Waals surface area contributed by atoms with Crippen LogP contribution in [0.1, 0.15) is 51.7 Å². The first-order valence-corrected chi connectivity index (χ1v) is 8.43. The Bertz CT molecular complexity index is 647. The fourth-order valence-electron chi connectivity index (χ4n) is 4.07. The average molecular weight is 331 g/mol. The van der Waals surface area contributed by atoms with Crippen LogP contribution in [0.4, 0.5) is 5.69 Å². The Labute approximate surface area is 144 Å². The van der Waals surface area contributed by atoms with Crippen molar-refractivity contribution in [3.05, 3.63) is 29.3 Å². The van der Waals surface area contributed by atoms with Crippen molar-refractivity contribution >= 4 is 17.5 Å². The van der Waals surface area contributed by atoms with E-state index in [4.69, 9.17) is 5.73 Å². The molecule has 3 N–H and O–H groups in total. The molecule has 2 amide bonds. The van der Waals surface area contributed by atoms with Crippen LogP contribution in [0.2, 0.25) is 0 Å². The summed E-state index contributed by atoms with van der Waals surface area (Å²) in [4.78, 5) is 27.2. The molecule has 2 rings (SSSR count). The average Bonchev–Trinajstić information content (AvgIpc) is 2.40. The molecule has 5 nitrogen and oxygen atoms in total. The molecular weight excluding hydrogens is 302 g/mol. The van der Waals surface area contributed by atoms with Gasteiger partial charge in [-0.25, -0.2) is 0 Å². The zero-order valence-corrected chi connectivity index (χ0v) is 15.6. The van der Waals surface area contributed by atoms with Crippen molar-refractivity contribution in [3.8, 4) is 0 Å². The van der Waals surface area contributed by atoms with Gasteiger partial charge in [0.15, 0.2) is 0 Å². The molecule has 5 heteroatoms. The van der Waals surface area contributed by atoms with Gasteiger partial charge in [0.1, 0.15) is 0 Å². The summed E-state index contributed by atoms with van der Waals surface area (Å²) in [6, 6.07) is 5.69. The summed E-state index contributed by atoms with van der Waals surface area (Å²) in [6.45, 7) is 11.8. The lowest BCUT2D eigenvalue weighted by molar-refractivity contribution is -0.156. The number of hydrogen-bond donors (Lipinski definition) is 2. The highest BCUT2D eigenvalue weighted by atomic mass is 16.2. The Balaban J connectivity index is 2.26. The largest absolute Gasteiger partial charge is 0.328 e. The Hall–Kier alpha value is -1.88. The first-order chi connectivity index (χ1) is 11.0. The Morgan fingerprint density at radius 1 is 1.12 bits per heavy atom. The molecule has 0 spiro atoms. The molecule has 0 bridgehead atoms. The van der Waals surface area contributed by atoms with Crippen LogP contribution in [0.15, 0.2) is 18.2 Å². The lowest BCUT2D eigenvalue weighted by atomic mass is 9.77. The molecule has 0 unspecified atom stereocenters. The Morgan fingerprint density at radius 3 is 2.21 bits per heavy atom. The number of hydrogen-bond acceptors (Lipinski definition) is 3. The fraction of sp³-hybridized carbons (Fsp3) is 0.579. The maximum atomic E-state index is 12.9. The minimum Gasteiger partial charge on any atom is -0.328 e. The SMILES string of the molecule is Cc1cccc(NC(=O)C(=O)N2C(C)(C)CC(N)CC2(C)C)c1C. The van der Waals surface area contributed by atoms with Crippen molar-refractivity contribution in [2.24, 2.45) is 5.73 Å². The quantitative estimate of drug-likeness (QED) is 0.777. The van der Waals surface area contributed by atoms with E-state index >= 15 is 0 Å². The van der Waals surface area contributed by atoms with Gasteiger partial charge in [0, 0.05) is 22.8 Å². The number of amides is 2. The fourth-order valence-corrected chi connectivity index (χ4v) is 4.07. The van der Waals surface area contributed by atoms with Crippen LogP contribution in [0.25, 0.3) is 0 Å². The lowest BCUT2D eigenvalue weighted by Crippen LogP contribution is -2.66. The molecule has 1 saturated heterocycles. The summed E-state index contributed by atoms with van der Waals surface area (Å²) in [5, 5.41) is 2.77. The first kappa shape index (κ1) is 18.5. The molecule has 1 aromatic carbocycles. The van der Waals surface area contributed by atoms with E-state index in [1.54, 1.807) is 4.90 Å². The van der Waals surface area contributed by atoms with E-state index in [2.05, 4.69) is 5.32 Å². The number of benzene rings is 1. The molecule has 0 aliphatic carbocycles. The molecule has 0 saturated carbocycles. The van der Waals surface area contributed by atoms with Gasteiger partial charge in [-0.3, -0.25) is 9.59 Å². The normalized spacial score (nSPS) is 19.9. The van der Waals surface area contributed by atoms with E-state index in [0.29, 0.717) is 18.5 Å². The van der Waals surface area contributed by atoms with Crippen molar-refractivity contribution in [2.45, 2.75) is 71.5 Å². The molecule has 1 heterocycles. The van der Waals surface area contributed by atoms with Crippen molar-refractivity contribution < 1.29 is 9.59 Å². The molecule has 132 valence electrons. The van der Waals surface area contributed by atoms with Crippen LogP contribution >= 0.6 is 0 Å². The molecule has 1 aromatic rings. The Morgan fingerprint density at radius 2 is 1.67 bits per heavy atom. The van der Waals surface area contributed by atoms with Crippen molar-refractivity contribution in [3.63, 3.8) is 0 Å². The molecule has 0 aromatic heterocycles. The number of piperidine rings is 1. The van der Waals surface area contributed by atoms with Gasteiger partial charge >= 0.3 is 11.8 Å². The van der Waals surface area contributed by atoms with Gasteiger partial charge in [0.25, 0.3) is 0 Å². The van der Waals surface area contributed by atoms with Crippen LogP contribution in [0.3, 0.4) is 0 Å². The number of likely N-dealkylation sites (tertiary alicyclic amines) is 1. The van der Waals surface area contributed by atoms with Crippen molar-refractivity contribution in [1.29, 1.82) is 0 Å². The highest BCUT2D eigenvalue weighted by Gasteiger charge is 2.48. The highest BCUT2D eigenvalue weighted by molar-refractivity contribution is 6.40. The van der Waals surface area contributed by atoms with Gasteiger partial charge in [0.2, 0.25) is 0 Å². The van der Waals surface area contributed by atoms with E-state index < -0.39 is 22.9 Å². The number of carbonyl (C=O) groups is 2. The van der Waals surface area contributed by atoms with Gasteiger partial charge in [-0.2, -0.15) is 0 Å². The van der Waals surface area contributed by atoms with Crippen LogP contribution < -0.4 is 11.1 Å². The molecule has 24 heavy (non-hydrogen) atoms. The topological polar surface area (TPSA) is 75.4 Å². The maximum absolute atomic E-state index is 12.9. The van der Waals surface area contributed by atoms with Gasteiger partial charge in [-0.15, -0.1) is 0 Å². The summed E-state index contributed by atoms with van der Waals surface area (Å²) in [5.74, 6) is -1.10. The number of aryl methyl sites for hydroxylation is 1. The third-order valence-corrected chi connectivity index (χ3v) is 4.98. The molecule has 1 fully saturated rings. The third kappa shape index (κ3) is 3.46. The summed E-state index contributed by atoms with van der Waals surface area (Å²) >= 11 is 0. The number of anilines is 1. The molecule has 0 radical (unpaired) electrons. The van der Waals surface area contributed by atoms with Crippen LogP contribution in [-0.2, 0) is 9.59 Å². The van der Waals surface area contributed by atoms with E-state index in [0.717, 1.165) is 11.1 Å². The summed E-state index contributed by atoms with van der Waals surface area (Å²) in [6.07, 6.45) is 1.36. The highest BCUT2D eigenvalue weighted by Crippen LogP contribution is 2.38. The smallest absolute Gasteiger partial charge is 0.313 e. The number of nitrogens with two attached hydrogens (primary N) is 1. The standard InChI is InChI=1S/C19H29N3O2/c1-12-8-7-9-15(13(12)2)21-16(23)17(24)22-18(3,4)10-14(20)11-19(22,5)6/h7-9,14H,10-11,20H2,1-6H3,(H,21,23). The second-order valence-electron chi connectivity index (χ2n) is 8.14. The van der Waals surface area contributed by atoms with Crippen LogP contribution in [0.5, 0.6) is 0 Å². The van der Waals surface area contributed by atoms with Gasteiger partial charge in [0.05, 0.1) is 0 Å². The first-order valence-electron chi connectivity index (χ1n) is 8.43. The van der Waals surface area contributed by atoms with Crippen LogP contribution in [-0.4, -0.2) is 33.8 Å². The van der Waals surface area contributed by atoms with Gasteiger partial charge in [-0.05, 0) is 71.6 Å². The van der Waals surface area contributed by atoms with Crippen molar-refractivity contribution in [2.75, 3.05) is 5.32 Å². The molecule has 1 aliphatic rings. The maximum Gasteiger partial charge on any atom is 0.313 e. The number of rotatable bonds is 1. The molecule has 0 atom stereocenters. The molecule has 1 aliphatic heterocycles. The van der Waals surface area contributed by atoms with Crippen LogP contribution in [0, 0.1) is 13.8 Å². The zero-order valence-electron chi connectivity index (χ0n) is 15.6. The van der Waals surface area contributed by atoms with E-state index in [-0.39, 0.29) is 6.04 Å². The number of nitrogens with one attached hydrogen (secondary N) is 1. The summed E-state index contributed by atoms with van der Waals surface area (Å²) in [5.41, 5.74) is 7.95. The minimum atomic E-state index is -0.597. The Kier molecular flexibility index (Phi) is 4.77. The third-order valence-electron chi connectivity index (χ3n) is 4.98. The summed E-state index contributed by atoms with van der Waals surface area (Å²) < 4.78 is 0.